The summed E-state index contributed by atoms with van der Waals surface area (Å²) >= 11 is 0. The van der Waals surface area contributed by atoms with Gasteiger partial charge >= 0.3 is 7.60 Å². The van der Waals surface area contributed by atoms with Crippen LogP contribution in [0.5, 0.6) is 0 Å². The van der Waals surface area contributed by atoms with Crippen LogP contribution < -0.4 is 4.72 Å². The molecule has 0 heterocycles. The lowest BCUT2D eigenvalue weighted by atomic mass is 10.2. The van der Waals surface area contributed by atoms with Crippen LogP contribution >= 0.6 is 7.60 Å². The van der Waals surface area contributed by atoms with Gasteiger partial charge in [0.1, 0.15) is 5.78 Å². The van der Waals surface area contributed by atoms with Crippen molar-refractivity contribution in [2.45, 2.75) is 17.6 Å². The molecule has 0 saturated heterocycles. The minimum atomic E-state index is -3.91. The van der Waals surface area contributed by atoms with Crippen molar-refractivity contribution in [3.63, 3.8) is 0 Å². The third kappa shape index (κ3) is 4.12. The van der Waals surface area contributed by atoms with E-state index in [0.717, 1.165) is 5.56 Å². The zero-order valence-electron chi connectivity index (χ0n) is 13.7. The van der Waals surface area contributed by atoms with E-state index in [0.29, 0.717) is 5.56 Å². The second-order valence-electron chi connectivity index (χ2n) is 5.15. The predicted octanol–water partition coefficient (Wildman–Crippen LogP) is 3.46. The first kappa shape index (κ1) is 18.8. The molecule has 0 aliphatic heterocycles. The van der Waals surface area contributed by atoms with Gasteiger partial charge in [0.15, 0.2) is 0 Å². The van der Waals surface area contributed by atoms with Crippen molar-refractivity contribution < 1.29 is 22.0 Å². The van der Waals surface area contributed by atoms with Gasteiger partial charge in [0.25, 0.3) is 0 Å². The molecule has 0 aliphatic carbocycles. The summed E-state index contributed by atoms with van der Waals surface area (Å²) in [5.41, 5.74) is 1.42. The molecule has 1 atom stereocenters. The third-order valence-electron chi connectivity index (χ3n) is 3.54. The number of aryl methyl sites for hydroxylation is 1. The zero-order valence-corrected chi connectivity index (χ0v) is 15.4. The van der Waals surface area contributed by atoms with E-state index in [2.05, 4.69) is 4.72 Å². The molecule has 1 unspecified atom stereocenters. The quantitative estimate of drug-likeness (QED) is 0.756. The van der Waals surface area contributed by atoms with Gasteiger partial charge in [-0.25, -0.2) is 8.42 Å². The molecular weight excluding hydrogens is 349 g/mol. The van der Waals surface area contributed by atoms with E-state index in [1.54, 1.807) is 42.5 Å². The maximum Gasteiger partial charge on any atom is 0.352 e. The zero-order chi connectivity index (χ0) is 17.8. The SMILES string of the molecule is COP(=O)(OC)C(NS(=O)(=O)c1ccc(C)cc1)c1ccccc1. The Morgan fingerprint density at radius 1 is 0.958 bits per heavy atom. The molecule has 2 aromatic rings. The molecule has 0 spiro atoms. The highest BCUT2D eigenvalue weighted by molar-refractivity contribution is 7.89. The van der Waals surface area contributed by atoms with Crippen LogP contribution in [-0.2, 0) is 23.6 Å². The van der Waals surface area contributed by atoms with Crippen LogP contribution in [0.1, 0.15) is 16.9 Å². The highest BCUT2D eigenvalue weighted by atomic mass is 32.2. The van der Waals surface area contributed by atoms with E-state index in [1.807, 2.05) is 6.92 Å². The van der Waals surface area contributed by atoms with Crippen LogP contribution in [0.3, 0.4) is 0 Å². The molecule has 0 fully saturated rings. The first-order chi connectivity index (χ1) is 11.3. The van der Waals surface area contributed by atoms with Gasteiger partial charge in [-0.3, -0.25) is 4.57 Å². The number of benzene rings is 2. The molecule has 1 N–H and O–H groups in total. The van der Waals surface area contributed by atoms with Crippen LogP contribution in [0, 0.1) is 6.92 Å². The Kier molecular flexibility index (Phi) is 5.96. The molecule has 2 rings (SSSR count). The fourth-order valence-electron chi connectivity index (χ4n) is 2.17. The first-order valence-corrected chi connectivity index (χ1v) is 10.3. The maximum atomic E-state index is 12.8. The Bertz CT molecular complexity index is 813. The van der Waals surface area contributed by atoms with Gasteiger partial charge in [-0.2, -0.15) is 4.72 Å². The largest absolute Gasteiger partial charge is 0.352 e. The van der Waals surface area contributed by atoms with Crippen LogP contribution in [0.25, 0.3) is 0 Å². The number of hydrogen-bond donors (Lipinski definition) is 1. The fraction of sp³-hybridized carbons (Fsp3) is 0.250. The number of sulfonamides is 1. The fourth-order valence-corrected chi connectivity index (χ4v) is 5.27. The second kappa shape index (κ2) is 7.59. The molecule has 0 radical (unpaired) electrons. The molecule has 8 heteroatoms. The molecule has 0 saturated carbocycles. The van der Waals surface area contributed by atoms with Crippen molar-refractivity contribution in [2.75, 3.05) is 14.2 Å². The molecule has 130 valence electrons. The minimum absolute atomic E-state index is 0.0767. The van der Waals surface area contributed by atoms with Gasteiger partial charge in [-0.15, -0.1) is 0 Å². The summed E-state index contributed by atoms with van der Waals surface area (Å²) in [4.78, 5) is 0.0767. The lowest BCUT2D eigenvalue weighted by molar-refractivity contribution is 0.263. The Balaban J connectivity index is 2.45. The topological polar surface area (TPSA) is 81.7 Å². The summed E-state index contributed by atoms with van der Waals surface area (Å²) in [6.07, 6.45) is 0. The van der Waals surface area contributed by atoms with Gasteiger partial charge < -0.3 is 9.05 Å². The van der Waals surface area contributed by atoms with Crippen molar-refractivity contribution in [1.82, 2.24) is 4.72 Å². The van der Waals surface area contributed by atoms with Crippen molar-refractivity contribution >= 4 is 17.6 Å². The smallest absolute Gasteiger partial charge is 0.311 e. The van der Waals surface area contributed by atoms with Gasteiger partial charge in [-0.1, -0.05) is 48.0 Å². The van der Waals surface area contributed by atoms with E-state index < -0.39 is 23.4 Å². The van der Waals surface area contributed by atoms with E-state index in [4.69, 9.17) is 9.05 Å². The predicted molar refractivity (Wildman–Crippen MR) is 92.3 cm³/mol. The monoisotopic (exact) mass is 369 g/mol. The highest BCUT2D eigenvalue weighted by Crippen LogP contribution is 2.58. The van der Waals surface area contributed by atoms with Crippen LogP contribution in [0.2, 0.25) is 0 Å². The van der Waals surface area contributed by atoms with E-state index in [9.17, 15) is 13.0 Å². The molecule has 0 aliphatic rings. The van der Waals surface area contributed by atoms with E-state index in [-0.39, 0.29) is 4.90 Å². The second-order valence-corrected chi connectivity index (χ2v) is 9.19. The highest BCUT2D eigenvalue weighted by Gasteiger charge is 2.38. The van der Waals surface area contributed by atoms with E-state index >= 15 is 0 Å². The van der Waals surface area contributed by atoms with Crippen LogP contribution in [-0.4, -0.2) is 22.6 Å². The third-order valence-corrected chi connectivity index (χ3v) is 7.23. The van der Waals surface area contributed by atoms with Gasteiger partial charge in [0.05, 0.1) is 4.90 Å². The summed E-state index contributed by atoms with van der Waals surface area (Å²) in [7, 11) is -5.19. The van der Waals surface area contributed by atoms with Crippen LogP contribution in [0.15, 0.2) is 59.5 Å². The first-order valence-electron chi connectivity index (χ1n) is 7.17. The van der Waals surface area contributed by atoms with Gasteiger partial charge in [-0.05, 0) is 24.6 Å². The number of hydrogen-bond acceptors (Lipinski definition) is 5. The van der Waals surface area contributed by atoms with E-state index in [1.165, 1.54) is 26.4 Å². The summed E-state index contributed by atoms with van der Waals surface area (Å²) < 4.78 is 50.6. The Hall–Kier alpha value is -1.50. The minimum Gasteiger partial charge on any atom is -0.311 e. The number of nitrogens with one attached hydrogen (secondary N) is 1. The Morgan fingerprint density at radius 2 is 1.50 bits per heavy atom. The summed E-state index contributed by atoms with van der Waals surface area (Å²) in [5.74, 6) is -1.15. The van der Waals surface area contributed by atoms with Crippen molar-refractivity contribution in [3.8, 4) is 0 Å². The van der Waals surface area contributed by atoms with Gasteiger partial charge in [0.2, 0.25) is 10.0 Å². The summed E-state index contributed by atoms with van der Waals surface area (Å²) in [5, 5.41) is 0. The lowest BCUT2D eigenvalue weighted by Gasteiger charge is -2.25. The Morgan fingerprint density at radius 3 is 2.00 bits per heavy atom. The number of rotatable bonds is 7. The van der Waals surface area contributed by atoms with Crippen molar-refractivity contribution in [3.05, 3.63) is 65.7 Å². The molecule has 6 nitrogen and oxygen atoms in total. The summed E-state index contributed by atoms with van der Waals surface area (Å²) in [6.45, 7) is 1.86. The van der Waals surface area contributed by atoms with Crippen LogP contribution in [0.4, 0.5) is 0 Å². The Labute approximate surface area is 142 Å². The lowest BCUT2D eigenvalue weighted by Crippen LogP contribution is -2.29. The summed E-state index contributed by atoms with van der Waals surface area (Å²) in [6, 6.07) is 14.9. The molecule has 24 heavy (non-hydrogen) atoms. The standard InChI is InChI=1S/C16H20NO5PS/c1-13-9-11-15(12-10-13)24(19,20)17-16(23(18,21-2)22-3)14-7-5-4-6-8-14/h4-12,16-17H,1-3H3. The molecule has 2 aromatic carbocycles. The molecule has 0 amide bonds. The maximum absolute atomic E-state index is 12.8. The average molecular weight is 369 g/mol. The molecular formula is C16H20NO5PS. The molecule has 0 bridgehead atoms. The van der Waals surface area contributed by atoms with Crippen molar-refractivity contribution in [2.24, 2.45) is 0 Å². The van der Waals surface area contributed by atoms with Crippen molar-refractivity contribution in [1.29, 1.82) is 0 Å². The molecule has 0 aromatic heterocycles. The van der Waals surface area contributed by atoms with Gasteiger partial charge in [0, 0.05) is 14.2 Å². The normalized spacial score (nSPS) is 13.6. The average Bonchev–Trinajstić information content (AvgIpc) is 2.60.